The molecule has 2 N–H and O–H groups in total. The molecule has 4 nitrogen and oxygen atoms in total. The predicted molar refractivity (Wildman–Crippen MR) is 69.0 cm³/mol. The standard InChI is InChI=1S/C10H15FN2O2S2/c1-13(6-7-16-2)17(14,15)9-5-3-4-8(11)10(9)12/h3-5H,6-7,12H2,1-2H3. The zero-order valence-corrected chi connectivity index (χ0v) is 11.3. The van der Waals surface area contributed by atoms with Gasteiger partial charge in [-0.2, -0.15) is 11.8 Å². The summed E-state index contributed by atoms with van der Waals surface area (Å²) in [5, 5.41) is 0. The Kier molecular flexibility index (Phi) is 4.79. The van der Waals surface area contributed by atoms with Crippen molar-refractivity contribution in [1.29, 1.82) is 0 Å². The van der Waals surface area contributed by atoms with Crippen molar-refractivity contribution in [2.24, 2.45) is 0 Å². The van der Waals surface area contributed by atoms with Crippen LogP contribution in [0.15, 0.2) is 23.1 Å². The highest BCUT2D eigenvalue weighted by atomic mass is 32.2. The van der Waals surface area contributed by atoms with Gasteiger partial charge in [0.25, 0.3) is 0 Å². The number of anilines is 1. The van der Waals surface area contributed by atoms with Crippen molar-refractivity contribution in [2.75, 3.05) is 31.3 Å². The number of nitrogens with two attached hydrogens (primary N) is 1. The number of rotatable bonds is 5. The van der Waals surface area contributed by atoms with E-state index in [9.17, 15) is 12.8 Å². The van der Waals surface area contributed by atoms with Gasteiger partial charge in [0.05, 0.1) is 5.69 Å². The van der Waals surface area contributed by atoms with E-state index in [0.29, 0.717) is 12.3 Å². The third-order valence-corrected chi connectivity index (χ3v) is 4.82. The Labute approximate surface area is 105 Å². The number of nitrogen functional groups attached to an aromatic ring is 1. The zero-order valence-electron chi connectivity index (χ0n) is 9.68. The normalized spacial score (nSPS) is 12.0. The smallest absolute Gasteiger partial charge is 0.244 e. The van der Waals surface area contributed by atoms with Crippen molar-refractivity contribution >= 4 is 27.5 Å². The first-order valence-corrected chi connectivity index (χ1v) is 7.74. The highest BCUT2D eigenvalue weighted by molar-refractivity contribution is 7.98. The molecule has 96 valence electrons. The number of halogens is 1. The molecule has 0 spiro atoms. The lowest BCUT2D eigenvalue weighted by Crippen LogP contribution is -2.29. The van der Waals surface area contributed by atoms with E-state index >= 15 is 0 Å². The number of thioether (sulfide) groups is 1. The SMILES string of the molecule is CSCCN(C)S(=O)(=O)c1cccc(F)c1N. The maximum atomic E-state index is 13.2. The van der Waals surface area contributed by atoms with Crippen LogP contribution in [0.1, 0.15) is 0 Å². The molecule has 0 saturated heterocycles. The Morgan fingerprint density at radius 1 is 1.47 bits per heavy atom. The minimum Gasteiger partial charge on any atom is -0.395 e. The van der Waals surface area contributed by atoms with Crippen molar-refractivity contribution in [2.45, 2.75) is 4.90 Å². The molecule has 0 saturated carbocycles. The molecule has 0 unspecified atom stereocenters. The van der Waals surface area contributed by atoms with Crippen LogP contribution in [0.3, 0.4) is 0 Å². The number of nitrogens with zero attached hydrogens (tertiary/aromatic N) is 1. The molecule has 17 heavy (non-hydrogen) atoms. The minimum absolute atomic E-state index is 0.180. The minimum atomic E-state index is -3.71. The molecule has 7 heteroatoms. The van der Waals surface area contributed by atoms with Crippen LogP contribution < -0.4 is 5.73 Å². The summed E-state index contributed by atoms with van der Waals surface area (Å²) in [7, 11) is -2.26. The molecular weight excluding hydrogens is 263 g/mol. The van der Waals surface area contributed by atoms with E-state index in [0.717, 1.165) is 6.07 Å². The molecule has 0 heterocycles. The average Bonchev–Trinajstić information content (AvgIpc) is 2.29. The summed E-state index contributed by atoms with van der Waals surface area (Å²) in [6, 6.07) is 3.78. The summed E-state index contributed by atoms with van der Waals surface area (Å²) in [6.07, 6.45) is 1.89. The molecule has 0 aliphatic heterocycles. The average molecular weight is 278 g/mol. The second-order valence-corrected chi connectivity index (χ2v) is 6.47. The fourth-order valence-corrected chi connectivity index (χ4v) is 3.12. The fourth-order valence-electron chi connectivity index (χ4n) is 1.25. The maximum Gasteiger partial charge on any atom is 0.244 e. The molecule has 0 amide bonds. The first-order chi connectivity index (χ1) is 7.91. The molecular formula is C10H15FN2O2S2. The number of benzene rings is 1. The van der Waals surface area contributed by atoms with Crippen LogP contribution in [0.4, 0.5) is 10.1 Å². The second-order valence-electron chi connectivity index (χ2n) is 3.47. The summed E-state index contributed by atoms with van der Waals surface area (Å²) in [5.74, 6) is -0.0466. The summed E-state index contributed by atoms with van der Waals surface area (Å²) in [5.41, 5.74) is 5.12. The Balaban J connectivity index is 3.09. The molecule has 0 radical (unpaired) electrons. The molecule has 0 aliphatic rings. The number of sulfonamides is 1. The third-order valence-electron chi connectivity index (χ3n) is 2.31. The largest absolute Gasteiger partial charge is 0.395 e. The van der Waals surface area contributed by atoms with Crippen LogP contribution in [0, 0.1) is 5.82 Å². The van der Waals surface area contributed by atoms with Gasteiger partial charge in [0.1, 0.15) is 10.7 Å². The van der Waals surface area contributed by atoms with E-state index < -0.39 is 15.8 Å². The van der Waals surface area contributed by atoms with Crippen LogP contribution in [0.2, 0.25) is 0 Å². The van der Waals surface area contributed by atoms with E-state index in [1.54, 1.807) is 0 Å². The van der Waals surface area contributed by atoms with Crippen LogP contribution in [-0.4, -0.2) is 38.3 Å². The number of hydrogen-bond acceptors (Lipinski definition) is 4. The van der Waals surface area contributed by atoms with Gasteiger partial charge >= 0.3 is 0 Å². The molecule has 1 aromatic rings. The van der Waals surface area contributed by atoms with Gasteiger partial charge < -0.3 is 5.73 Å². The van der Waals surface area contributed by atoms with Crippen LogP contribution in [0.5, 0.6) is 0 Å². The highest BCUT2D eigenvalue weighted by Crippen LogP contribution is 2.23. The van der Waals surface area contributed by atoms with Crippen LogP contribution >= 0.6 is 11.8 Å². The van der Waals surface area contributed by atoms with E-state index in [1.807, 2.05) is 6.26 Å². The quantitative estimate of drug-likeness (QED) is 0.827. The van der Waals surface area contributed by atoms with Crippen LogP contribution in [0.25, 0.3) is 0 Å². The summed E-state index contributed by atoms with van der Waals surface area (Å²) >= 11 is 1.54. The lowest BCUT2D eigenvalue weighted by Gasteiger charge is -2.17. The third kappa shape index (κ3) is 3.11. The van der Waals surface area contributed by atoms with Gasteiger partial charge in [0, 0.05) is 19.3 Å². The van der Waals surface area contributed by atoms with Crippen molar-refractivity contribution in [3.8, 4) is 0 Å². The molecule has 1 rings (SSSR count). The monoisotopic (exact) mass is 278 g/mol. The van der Waals surface area contributed by atoms with E-state index in [4.69, 9.17) is 5.73 Å². The van der Waals surface area contributed by atoms with Crippen LogP contribution in [-0.2, 0) is 10.0 Å². The first kappa shape index (κ1) is 14.3. The second kappa shape index (κ2) is 5.70. The molecule has 0 aliphatic carbocycles. The Hall–Kier alpha value is -0.790. The highest BCUT2D eigenvalue weighted by Gasteiger charge is 2.24. The van der Waals surface area contributed by atoms with E-state index in [2.05, 4.69) is 0 Å². The number of para-hydroxylation sites is 1. The van der Waals surface area contributed by atoms with Gasteiger partial charge in [0.2, 0.25) is 10.0 Å². The molecule has 0 fully saturated rings. The Morgan fingerprint density at radius 2 is 2.12 bits per heavy atom. The predicted octanol–water partition coefficient (Wildman–Crippen LogP) is 1.39. The number of hydrogen-bond donors (Lipinski definition) is 1. The van der Waals surface area contributed by atoms with Crippen molar-refractivity contribution in [3.05, 3.63) is 24.0 Å². The first-order valence-electron chi connectivity index (χ1n) is 4.90. The summed E-state index contributed by atoms with van der Waals surface area (Å²) < 4.78 is 38.6. The fraction of sp³-hybridized carbons (Fsp3) is 0.400. The van der Waals surface area contributed by atoms with Gasteiger partial charge in [-0.25, -0.2) is 17.1 Å². The molecule has 0 bridgehead atoms. The van der Waals surface area contributed by atoms with Gasteiger partial charge in [0.15, 0.2) is 0 Å². The lowest BCUT2D eigenvalue weighted by atomic mass is 10.3. The van der Waals surface area contributed by atoms with Gasteiger partial charge in [-0.05, 0) is 18.4 Å². The Bertz CT molecular complexity index is 491. The topological polar surface area (TPSA) is 63.4 Å². The zero-order chi connectivity index (χ0) is 13.1. The lowest BCUT2D eigenvalue weighted by molar-refractivity contribution is 0.488. The van der Waals surface area contributed by atoms with Gasteiger partial charge in [-0.1, -0.05) is 6.07 Å². The Morgan fingerprint density at radius 3 is 2.71 bits per heavy atom. The van der Waals surface area contributed by atoms with Gasteiger partial charge in [-0.3, -0.25) is 0 Å². The molecule has 0 aromatic heterocycles. The summed E-state index contributed by atoms with van der Waals surface area (Å²) in [6.45, 7) is 0.361. The van der Waals surface area contributed by atoms with Crippen molar-refractivity contribution in [3.63, 3.8) is 0 Å². The molecule has 0 atom stereocenters. The van der Waals surface area contributed by atoms with Crippen molar-refractivity contribution < 1.29 is 12.8 Å². The van der Waals surface area contributed by atoms with Crippen molar-refractivity contribution in [1.82, 2.24) is 4.31 Å². The van der Waals surface area contributed by atoms with E-state index in [-0.39, 0.29) is 10.6 Å². The van der Waals surface area contributed by atoms with Gasteiger partial charge in [-0.15, -0.1) is 0 Å². The maximum absolute atomic E-state index is 13.2. The molecule has 1 aromatic carbocycles. The van der Waals surface area contributed by atoms with E-state index in [1.165, 1.54) is 35.2 Å². The summed E-state index contributed by atoms with van der Waals surface area (Å²) in [4.78, 5) is -0.180.